The fourth-order valence-electron chi connectivity index (χ4n) is 2.04. The minimum atomic E-state index is -0.694. The highest BCUT2D eigenvalue weighted by molar-refractivity contribution is 5.96. The Morgan fingerprint density at radius 1 is 1.17 bits per heavy atom. The summed E-state index contributed by atoms with van der Waals surface area (Å²) in [6.07, 6.45) is 4.47. The number of benzene rings is 1. The number of carbonyl (C=O) groups is 1. The van der Waals surface area contributed by atoms with Crippen LogP contribution in [0.25, 0.3) is 0 Å². The molecule has 1 aromatic carbocycles. The molecule has 0 aliphatic heterocycles. The van der Waals surface area contributed by atoms with Crippen molar-refractivity contribution in [1.82, 2.24) is 0 Å². The maximum atomic E-state index is 13.0. The number of unbranched alkanes of at least 4 members (excludes halogenated alkanes) is 1. The van der Waals surface area contributed by atoms with E-state index in [0.29, 0.717) is 12.3 Å². The Balaban J connectivity index is 2.68. The molecular formula is C15H20F2O. The summed E-state index contributed by atoms with van der Waals surface area (Å²) in [7, 11) is 0. The lowest BCUT2D eigenvalue weighted by Crippen LogP contribution is -2.09. The number of rotatable bonds is 7. The number of Topliss-reactive ketones (excluding diaryl/α,β-unsaturated/α-hetero) is 1. The van der Waals surface area contributed by atoms with Crippen molar-refractivity contribution in [3.05, 3.63) is 35.4 Å². The number of ketones is 1. The lowest BCUT2D eigenvalue weighted by atomic mass is 9.91. The van der Waals surface area contributed by atoms with E-state index in [1.54, 1.807) is 0 Å². The molecular weight excluding hydrogens is 234 g/mol. The van der Waals surface area contributed by atoms with Crippen LogP contribution in [0.1, 0.15) is 56.3 Å². The summed E-state index contributed by atoms with van der Waals surface area (Å²) in [5.41, 5.74) is 0.141. The standard InChI is InChI=1S/C15H20F2O/c1-3-5-6-11(4-2)7-15(18)12-8-13(16)10-14(17)9-12/h8-11H,3-7H2,1-2H3. The summed E-state index contributed by atoms with van der Waals surface area (Å²) in [5.74, 6) is -1.25. The molecule has 1 rings (SSSR count). The molecule has 0 saturated carbocycles. The predicted molar refractivity (Wildman–Crippen MR) is 68.6 cm³/mol. The molecule has 1 nitrogen and oxygen atoms in total. The van der Waals surface area contributed by atoms with Gasteiger partial charge >= 0.3 is 0 Å². The van der Waals surface area contributed by atoms with Gasteiger partial charge in [-0.1, -0.05) is 39.5 Å². The van der Waals surface area contributed by atoms with Crippen LogP contribution in [-0.4, -0.2) is 5.78 Å². The van der Waals surface area contributed by atoms with Crippen LogP contribution < -0.4 is 0 Å². The summed E-state index contributed by atoms with van der Waals surface area (Å²) in [6, 6.07) is 3.00. The van der Waals surface area contributed by atoms with Gasteiger partial charge in [-0.2, -0.15) is 0 Å². The number of hydrogen-bond acceptors (Lipinski definition) is 1. The molecule has 0 saturated heterocycles. The largest absolute Gasteiger partial charge is 0.294 e. The molecule has 0 radical (unpaired) electrons. The second-order valence-electron chi connectivity index (χ2n) is 4.70. The van der Waals surface area contributed by atoms with Gasteiger partial charge in [-0.25, -0.2) is 8.78 Å². The van der Waals surface area contributed by atoms with Gasteiger partial charge in [0, 0.05) is 18.1 Å². The van der Waals surface area contributed by atoms with E-state index in [1.165, 1.54) is 0 Å². The summed E-state index contributed by atoms with van der Waals surface area (Å²) in [4.78, 5) is 11.9. The van der Waals surface area contributed by atoms with E-state index >= 15 is 0 Å². The van der Waals surface area contributed by atoms with Crippen LogP contribution in [0.4, 0.5) is 8.78 Å². The molecule has 0 aliphatic rings. The fraction of sp³-hybridized carbons (Fsp3) is 0.533. The van der Waals surface area contributed by atoms with Gasteiger partial charge < -0.3 is 0 Å². The molecule has 0 N–H and O–H groups in total. The van der Waals surface area contributed by atoms with E-state index in [4.69, 9.17) is 0 Å². The quantitative estimate of drug-likeness (QED) is 0.641. The zero-order valence-electron chi connectivity index (χ0n) is 11.0. The molecule has 0 amide bonds. The SMILES string of the molecule is CCCCC(CC)CC(=O)c1cc(F)cc(F)c1. The molecule has 1 aromatic rings. The number of carbonyl (C=O) groups excluding carboxylic acids is 1. The van der Waals surface area contributed by atoms with Gasteiger partial charge in [-0.3, -0.25) is 4.79 Å². The zero-order chi connectivity index (χ0) is 13.5. The average molecular weight is 254 g/mol. The van der Waals surface area contributed by atoms with Crippen LogP contribution >= 0.6 is 0 Å². The smallest absolute Gasteiger partial charge is 0.163 e. The molecule has 0 spiro atoms. The molecule has 0 fully saturated rings. The van der Waals surface area contributed by atoms with Crippen molar-refractivity contribution in [2.45, 2.75) is 46.0 Å². The van der Waals surface area contributed by atoms with Crippen molar-refractivity contribution in [2.24, 2.45) is 5.92 Å². The van der Waals surface area contributed by atoms with Crippen molar-refractivity contribution in [1.29, 1.82) is 0 Å². The average Bonchev–Trinajstić information content (AvgIpc) is 2.32. The maximum absolute atomic E-state index is 13.0. The molecule has 1 atom stereocenters. The molecule has 1 unspecified atom stereocenters. The Labute approximate surface area is 107 Å². The molecule has 3 heteroatoms. The van der Waals surface area contributed by atoms with E-state index < -0.39 is 11.6 Å². The molecule has 0 bridgehead atoms. The summed E-state index contributed by atoms with van der Waals surface area (Å²) >= 11 is 0. The second kappa shape index (κ2) is 7.24. The first-order valence-electron chi connectivity index (χ1n) is 6.56. The van der Waals surface area contributed by atoms with E-state index in [1.807, 2.05) is 6.92 Å². The van der Waals surface area contributed by atoms with Crippen molar-refractivity contribution >= 4 is 5.78 Å². The first kappa shape index (κ1) is 14.8. The summed E-state index contributed by atoms with van der Waals surface area (Å²) in [6.45, 7) is 4.15. The molecule has 0 aromatic heterocycles. The van der Waals surface area contributed by atoms with Crippen LogP contribution in [0.15, 0.2) is 18.2 Å². The maximum Gasteiger partial charge on any atom is 0.163 e. The number of hydrogen-bond donors (Lipinski definition) is 0. The van der Waals surface area contributed by atoms with Crippen molar-refractivity contribution in [3.63, 3.8) is 0 Å². The van der Waals surface area contributed by atoms with Crippen LogP contribution in [0.5, 0.6) is 0 Å². The van der Waals surface area contributed by atoms with E-state index in [0.717, 1.165) is 43.9 Å². The highest BCUT2D eigenvalue weighted by Gasteiger charge is 2.15. The van der Waals surface area contributed by atoms with Crippen molar-refractivity contribution in [2.75, 3.05) is 0 Å². The minimum absolute atomic E-state index is 0.141. The predicted octanol–water partition coefficient (Wildman–Crippen LogP) is 4.75. The Kier molecular flexibility index (Phi) is 5.96. The molecule has 100 valence electrons. The van der Waals surface area contributed by atoms with E-state index in [2.05, 4.69) is 6.92 Å². The zero-order valence-corrected chi connectivity index (χ0v) is 11.0. The van der Waals surface area contributed by atoms with Gasteiger partial charge in [0.15, 0.2) is 5.78 Å². The highest BCUT2D eigenvalue weighted by atomic mass is 19.1. The van der Waals surface area contributed by atoms with Gasteiger partial charge in [0.05, 0.1) is 0 Å². The van der Waals surface area contributed by atoms with Gasteiger partial charge in [0.1, 0.15) is 11.6 Å². The molecule has 0 heterocycles. The minimum Gasteiger partial charge on any atom is -0.294 e. The monoisotopic (exact) mass is 254 g/mol. The normalized spacial score (nSPS) is 12.4. The highest BCUT2D eigenvalue weighted by Crippen LogP contribution is 2.20. The van der Waals surface area contributed by atoms with Gasteiger partial charge in [0.25, 0.3) is 0 Å². The van der Waals surface area contributed by atoms with Gasteiger partial charge in [-0.15, -0.1) is 0 Å². The van der Waals surface area contributed by atoms with E-state index in [9.17, 15) is 13.6 Å². The first-order valence-corrected chi connectivity index (χ1v) is 6.56. The lowest BCUT2D eigenvalue weighted by Gasteiger charge is -2.13. The third-order valence-corrected chi connectivity index (χ3v) is 3.20. The van der Waals surface area contributed by atoms with E-state index in [-0.39, 0.29) is 11.3 Å². The van der Waals surface area contributed by atoms with Crippen LogP contribution in [0, 0.1) is 17.6 Å². The second-order valence-corrected chi connectivity index (χ2v) is 4.70. The van der Waals surface area contributed by atoms with Crippen LogP contribution in [0.2, 0.25) is 0 Å². The van der Waals surface area contributed by atoms with Crippen LogP contribution in [0.3, 0.4) is 0 Å². The number of halogens is 2. The Morgan fingerprint density at radius 2 is 1.78 bits per heavy atom. The topological polar surface area (TPSA) is 17.1 Å². The fourth-order valence-corrected chi connectivity index (χ4v) is 2.04. The Morgan fingerprint density at radius 3 is 2.28 bits per heavy atom. The third-order valence-electron chi connectivity index (χ3n) is 3.20. The molecule has 18 heavy (non-hydrogen) atoms. The van der Waals surface area contributed by atoms with Crippen molar-refractivity contribution < 1.29 is 13.6 Å². The third kappa shape index (κ3) is 4.55. The van der Waals surface area contributed by atoms with Gasteiger partial charge in [-0.05, 0) is 18.1 Å². The Bertz CT molecular complexity index is 381. The summed E-state index contributed by atoms with van der Waals surface area (Å²) < 4.78 is 26.0. The molecule has 0 aliphatic carbocycles. The summed E-state index contributed by atoms with van der Waals surface area (Å²) in [5, 5.41) is 0. The lowest BCUT2D eigenvalue weighted by molar-refractivity contribution is 0.0956. The van der Waals surface area contributed by atoms with Crippen molar-refractivity contribution in [3.8, 4) is 0 Å². The van der Waals surface area contributed by atoms with Gasteiger partial charge in [0.2, 0.25) is 0 Å². The van der Waals surface area contributed by atoms with Crippen LogP contribution in [-0.2, 0) is 0 Å². The first-order chi connectivity index (χ1) is 8.56. The Hall–Kier alpha value is -1.25.